The molecule has 0 saturated carbocycles. The molecule has 0 atom stereocenters. The average Bonchev–Trinajstić information content (AvgIpc) is 2.95. The second kappa shape index (κ2) is 4.87. The number of nitrogens with one attached hydrogen (secondary N) is 1. The van der Waals surface area contributed by atoms with Gasteiger partial charge in [-0.25, -0.2) is 0 Å². The summed E-state index contributed by atoms with van der Waals surface area (Å²) in [5.41, 5.74) is 1.18. The number of aryl methyl sites for hydroxylation is 1. The molecule has 0 spiro atoms. The highest BCUT2D eigenvalue weighted by Crippen LogP contribution is 2.23. The van der Waals surface area contributed by atoms with E-state index in [0.29, 0.717) is 18.1 Å². The van der Waals surface area contributed by atoms with Crippen molar-refractivity contribution >= 4 is 11.8 Å². The molecule has 2 rings (SSSR count). The summed E-state index contributed by atoms with van der Waals surface area (Å²) in [6.45, 7) is 8.66. The van der Waals surface area contributed by atoms with E-state index in [1.165, 1.54) is 0 Å². The van der Waals surface area contributed by atoms with Crippen molar-refractivity contribution < 1.29 is 9.32 Å². The van der Waals surface area contributed by atoms with Crippen LogP contribution in [-0.2, 0) is 12.0 Å². The zero-order valence-electron chi connectivity index (χ0n) is 11.6. The number of carbonyl (C=O) groups excluding carboxylic acids is 1. The molecular formula is C13H18N4O2. The summed E-state index contributed by atoms with van der Waals surface area (Å²) in [5, 5.41) is 10.7. The Morgan fingerprint density at radius 2 is 2.21 bits per heavy atom. The minimum atomic E-state index is -0.254. The third-order valence-corrected chi connectivity index (χ3v) is 2.76. The maximum atomic E-state index is 12.1. The van der Waals surface area contributed by atoms with Gasteiger partial charge in [-0.15, -0.1) is 0 Å². The number of anilines is 1. The summed E-state index contributed by atoms with van der Waals surface area (Å²) in [6, 6.07) is 3.41. The third-order valence-electron chi connectivity index (χ3n) is 2.76. The molecule has 2 aromatic heterocycles. The van der Waals surface area contributed by atoms with Crippen molar-refractivity contribution in [3.05, 3.63) is 29.7 Å². The van der Waals surface area contributed by atoms with Gasteiger partial charge in [0.05, 0.1) is 5.69 Å². The van der Waals surface area contributed by atoms with E-state index in [-0.39, 0.29) is 11.3 Å². The first kappa shape index (κ1) is 13.3. The molecule has 0 unspecified atom stereocenters. The second-order valence-corrected chi connectivity index (χ2v) is 5.31. The fourth-order valence-corrected chi connectivity index (χ4v) is 1.64. The lowest BCUT2D eigenvalue weighted by Gasteiger charge is -2.12. The number of aromatic nitrogens is 3. The first-order valence-corrected chi connectivity index (χ1v) is 6.22. The Balaban J connectivity index is 2.14. The van der Waals surface area contributed by atoms with E-state index < -0.39 is 0 Å². The molecule has 2 heterocycles. The van der Waals surface area contributed by atoms with Crippen LogP contribution in [0.4, 0.5) is 5.88 Å². The Hall–Kier alpha value is -2.11. The predicted octanol–water partition coefficient (Wildman–Crippen LogP) is 2.44. The fourth-order valence-electron chi connectivity index (χ4n) is 1.64. The normalized spacial score (nSPS) is 11.6. The summed E-state index contributed by atoms with van der Waals surface area (Å²) < 4.78 is 6.74. The Kier molecular flexibility index (Phi) is 3.42. The molecule has 0 aromatic carbocycles. The average molecular weight is 262 g/mol. The lowest BCUT2D eigenvalue weighted by atomic mass is 9.92. The summed E-state index contributed by atoms with van der Waals surface area (Å²) in [6.07, 6.45) is 1.60. The number of hydrogen-bond donors (Lipinski definition) is 1. The fraction of sp³-hybridized carbons (Fsp3) is 0.462. The van der Waals surface area contributed by atoms with Gasteiger partial charge in [-0.1, -0.05) is 25.9 Å². The van der Waals surface area contributed by atoms with E-state index in [0.717, 1.165) is 5.69 Å². The van der Waals surface area contributed by atoms with Gasteiger partial charge in [-0.05, 0) is 13.0 Å². The molecule has 0 bridgehead atoms. The summed E-state index contributed by atoms with van der Waals surface area (Å²) in [7, 11) is 0. The van der Waals surface area contributed by atoms with Gasteiger partial charge in [0.15, 0.2) is 0 Å². The molecule has 2 aromatic rings. The van der Waals surface area contributed by atoms with Crippen LogP contribution in [0, 0.1) is 0 Å². The highest BCUT2D eigenvalue weighted by molar-refractivity contribution is 6.02. The van der Waals surface area contributed by atoms with Gasteiger partial charge in [0.2, 0.25) is 5.88 Å². The van der Waals surface area contributed by atoms with Crippen molar-refractivity contribution in [2.45, 2.75) is 39.7 Å². The summed E-state index contributed by atoms with van der Waals surface area (Å²) in [5.74, 6) is 0.0923. The van der Waals surface area contributed by atoms with Crippen molar-refractivity contribution in [1.82, 2.24) is 14.9 Å². The molecule has 0 aliphatic heterocycles. The van der Waals surface area contributed by atoms with Gasteiger partial charge in [-0.2, -0.15) is 5.10 Å². The van der Waals surface area contributed by atoms with Gasteiger partial charge in [-0.3, -0.25) is 14.8 Å². The highest BCUT2D eigenvalue weighted by atomic mass is 16.5. The van der Waals surface area contributed by atoms with Crippen LogP contribution < -0.4 is 5.32 Å². The van der Waals surface area contributed by atoms with Crippen LogP contribution >= 0.6 is 0 Å². The van der Waals surface area contributed by atoms with Crippen LogP contribution in [0.5, 0.6) is 0 Å². The molecule has 19 heavy (non-hydrogen) atoms. The van der Waals surface area contributed by atoms with Gasteiger partial charge < -0.3 is 4.52 Å². The number of amides is 1. The van der Waals surface area contributed by atoms with Crippen LogP contribution in [-0.4, -0.2) is 20.8 Å². The number of rotatable bonds is 3. The molecule has 0 saturated heterocycles. The molecule has 0 aliphatic carbocycles. The first-order chi connectivity index (χ1) is 8.91. The zero-order chi connectivity index (χ0) is 14.0. The lowest BCUT2D eigenvalue weighted by molar-refractivity contribution is 0.101. The van der Waals surface area contributed by atoms with Gasteiger partial charge in [0.25, 0.3) is 5.91 Å². The van der Waals surface area contributed by atoms with Crippen LogP contribution in [0.2, 0.25) is 0 Å². The van der Waals surface area contributed by atoms with Crippen LogP contribution in [0.25, 0.3) is 0 Å². The van der Waals surface area contributed by atoms with Crippen molar-refractivity contribution in [3.8, 4) is 0 Å². The van der Waals surface area contributed by atoms with Crippen molar-refractivity contribution in [2.24, 2.45) is 0 Å². The smallest absolute Gasteiger partial charge is 0.276 e. The molecule has 102 valence electrons. The molecule has 6 heteroatoms. The zero-order valence-corrected chi connectivity index (χ0v) is 11.6. The van der Waals surface area contributed by atoms with Crippen LogP contribution in [0.3, 0.4) is 0 Å². The predicted molar refractivity (Wildman–Crippen MR) is 71.1 cm³/mol. The second-order valence-electron chi connectivity index (χ2n) is 5.31. The molecule has 0 radical (unpaired) electrons. The van der Waals surface area contributed by atoms with Crippen molar-refractivity contribution in [2.75, 3.05) is 5.32 Å². The van der Waals surface area contributed by atoms with E-state index in [1.807, 2.05) is 27.7 Å². The Morgan fingerprint density at radius 1 is 1.47 bits per heavy atom. The third kappa shape index (κ3) is 2.83. The highest BCUT2D eigenvalue weighted by Gasteiger charge is 2.20. The maximum Gasteiger partial charge on any atom is 0.276 e. The van der Waals surface area contributed by atoms with Crippen molar-refractivity contribution in [3.63, 3.8) is 0 Å². The van der Waals surface area contributed by atoms with E-state index in [2.05, 4.69) is 15.6 Å². The SMILES string of the molecule is CCn1nccc1C(=O)Nc1cc(C(C)(C)C)no1. The van der Waals surface area contributed by atoms with E-state index in [4.69, 9.17) is 4.52 Å². The van der Waals surface area contributed by atoms with Gasteiger partial charge in [0, 0.05) is 24.2 Å². The van der Waals surface area contributed by atoms with Gasteiger partial charge in [0.1, 0.15) is 5.69 Å². The quantitative estimate of drug-likeness (QED) is 0.922. The first-order valence-electron chi connectivity index (χ1n) is 6.22. The number of nitrogens with zero attached hydrogens (tertiary/aromatic N) is 3. The standard InChI is InChI=1S/C13H18N4O2/c1-5-17-9(6-7-14-17)12(18)15-11-8-10(16-19-11)13(2,3)4/h6-8H,5H2,1-4H3,(H,15,18). The Morgan fingerprint density at radius 3 is 2.79 bits per heavy atom. The van der Waals surface area contributed by atoms with Crippen LogP contribution in [0.1, 0.15) is 43.9 Å². The lowest BCUT2D eigenvalue weighted by Crippen LogP contribution is -2.17. The number of hydrogen-bond acceptors (Lipinski definition) is 4. The van der Waals surface area contributed by atoms with E-state index >= 15 is 0 Å². The minimum absolute atomic E-state index is 0.113. The molecular weight excluding hydrogens is 244 g/mol. The molecule has 0 aliphatic rings. The van der Waals surface area contributed by atoms with Gasteiger partial charge >= 0.3 is 0 Å². The number of carbonyl (C=O) groups is 1. The maximum absolute atomic E-state index is 12.1. The molecule has 1 amide bonds. The molecule has 6 nitrogen and oxygen atoms in total. The Bertz CT molecular complexity index is 577. The summed E-state index contributed by atoms with van der Waals surface area (Å²) in [4.78, 5) is 12.1. The van der Waals surface area contributed by atoms with E-state index in [1.54, 1.807) is 23.0 Å². The monoisotopic (exact) mass is 262 g/mol. The molecule has 0 fully saturated rings. The molecule has 1 N–H and O–H groups in total. The van der Waals surface area contributed by atoms with E-state index in [9.17, 15) is 4.79 Å². The van der Waals surface area contributed by atoms with Crippen molar-refractivity contribution in [1.29, 1.82) is 0 Å². The summed E-state index contributed by atoms with van der Waals surface area (Å²) >= 11 is 0. The largest absolute Gasteiger partial charge is 0.338 e. The minimum Gasteiger partial charge on any atom is -0.338 e. The topological polar surface area (TPSA) is 73.0 Å². The van der Waals surface area contributed by atoms with Crippen LogP contribution in [0.15, 0.2) is 22.9 Å². The Labute approximate surface area is 111 Å².